The molecule has 0 aromatic carbocycles. The summed E-state index contributed by atoms with van der Waals surface area (Å²) < 4.78 is 0. The van der Waals surface area contributed by atoms with Gasteiger partial charge in [0.25, 0.3) is 0 Å². The SMILES string of the molecule is N=Nc1ccnnn1. The van der Waals surface area contributed by atoms with Crippen molar-refractivity contribution in [3.8, 4) is 0 Å². The fourth-order valence-corrected chi connectivity index (χ4v) is 0.294. The van der Waals surface area contributed by atoms with Gasteiger partial charge >= 0.3 is 0 Å². The van der Waals surface area contributed by atoms with E-state index in [4.69, 9.17) is 5.53 Å². The van der Waals surface area contributed by atoms with Crippen LogP contribution >= 0.6 is 0 Å². The Balaban J connectivity index is 2.99. The van der Waals surface area contributed by atoms with Gasteiger partial charge in [-0.25, -0.2) is 5.53 Å². The molecule has 1 rings (SSSR count). The lowest BCUT2D eigenvalue weighted by Crippen LogP contribution is -1.81. The molecule has 0 spiro atoms. The summed E-state index contributed by atoms with van der Waals surface area (Å²) in [4.78, 5) is 0. The minimum Gasteiger partial charge on any atom is -0.203 e. The largest absolute Gasteiger partial charge is 0.203 e. The van der Waals surface area contributed by atoms with E-state index >= 15 is 0 Å². The molecule has 1 aromatic rings. The summed E-state index contributed by atoms with van der Waals surface area (Å²) in [6.45, 7) is 0. The molecule has 0 unspecified atom stereocenters. The van der Waals surface area contributed by atoms with E-state index in [1.54, 1.807) is 0 Å². The zero-order valence-electron chi connectivity index (χ0n) is 3.94. The van der Waals surface area contributed by atoms with Crippen molar-refractivity contribution in [3.05, 3.63) is 12.3 Å². The van der Waals surface area contributed by atoms with Crippen molar-refractivity contribution in [2.24, 2.45) is 5.11 Å². The van der Waals surface area contributed by atoms with Crippen molar-refractivity contribution < 1.29 is 0 Å². The molecule has 0 bridgehead atoms. The normalized spacial score (nSPS) is 8.50. The lowest BCUT2D eigenvalue weighted by molar-refractivity contribution is 0.852. The number of rotatable bonds is 1. The number of hydrogen-bond acceptors (Lipinski definition) is 5. The average molecular weight is 109 g/mol. The van der Waals surface area contributed by atoms with Crippen LogP contribution in [0, 0.1) is 5.53 Å². The molecule has 0 amide bonds. The van der Waals surface area contributed by atoms with E-state index in [2.05, 4.69) is 20.5 Å². The highest BCUT2D eigenvalue weighted by Gasteiger charge is 1.83. The van der Waals surface area contributed by atoms with Gasteiger partial charge in [-0.15, -0.1) is 15.3 Å². The van der Waals surface area contributed by atoms with Crippen molar-refractivity contribution in [2.45, 2.75) is 0 Å². The molecule has 0 aliphatic rings. The molecule has 0 aliphatic heterocycles. The zero-order chi connectivity index (χ0) is 5.82. The molecule has 1 N–H and O–H groups in total. The van der Waals surface area contributed by atoms with Crippen LogP contribution in [0.5, 0.6) is 0 Å². The Morgan fingerprint density at radius 1 is 1.62 bits per heavy atom. The molecule has 1 heterocycles. The van der Waals surface area contributed by atoms with Crippen LogP contribution in [-0.2, 0) is 0 Å². The third-order valence-electron chi connectivity index (χ3n) is 0.604. The maximum Gasteiger partial charge on any atom is 0.199 e. The molecule has 0 atom stereocenters. The number of aromatic nitrogens is 3. The van der Waals surface area contributed by atoms with Gasteiger partial charge in [0, 0.05) is 6.07 Å². The van der Waals surface area contributed by atoms with Crippen LogP contribution < -0.4 is 0 Å². The number of hydrogen-bond donors (Lipinski definition) is 1. The van der Waals surface area contributed by atoms with E-state index in [-0.39, 0.29) is 5.82 Å². The first-order valence-electron chi connectivity index (χ1n) is 1.95. The molecule has 1 aromatic heterocycles. The van der Waals surface area contributed by atoms with E-state index in [0.29, 0.717) is 0 Å². The summed E-state index contributed by atoms with van der Waals surface area (Å²) >= 11 is 0. The summed E-state index contributed by atoms with van der Waals surface area (Å²) in [6, 6.07) is 1.50. The van der Waals surface area contributed by atoms with Crippen LogP contribution in [0.2, 0.25) is 0 Å². The summed E-state index contributed by atoms with van der Waals surface area (Å²) in [7, 11) is 0. The second-order valence-corrected chi connectivity index (χ2v) is 1.09. The molecule has 0 fully saturated rings. The molecule has 0 radical (unpaired) electrons. The average Bonchev–Trinajstić information content (AvgIpc) is 1.90. The van der Waals surface area contributed by atoms with Crippen LogP contribution in [0.3, 0.4) is 0 Å². The molecule has 5 heteroatoms. The molecular weight excluding hydrogens is 106 g/mol. The Kier molecular flexibility index (Phi) is 1.23. The molecule has 0 saturated carbocycles. The van der Waals surface area contributed by atoms with Crippen LogP contribution in [0.25, 0.3) is 0 Å². The van der Waals surface area contributed by atoms with Gasteiger partial charge in [0.1, 0.15) is 0 Å². The summed E-state index contributed by atoms with van der Waals surface area (Å²) in [5, 5.41) is 13.0. The number of nitrogens with one attached hydrogen (secondary N) is 1. The number of nitrogens with zero attached hydrogens (tertiary/aromatic N) is 4. The summed E-state index contributed by atoms with van der Waals surface area (Å²) in [5.74, 6) is 0.278. The monoisotopic (exact) mass is 109 g/mol. The minimum atomic E-state index is 0.278. The van der Waals surface area contributed by atoms with Gasteiger partial charge in [-0.05, 0) is 5.21 Å². The van der Waals surface area contributed by atoms with Gasteiger partial charge in [-0.1, -0.05) is 0 Å². The Bertz CT molecular complexity index is 170. The van der Waals surface area contributed by atoms with Crippen molar-refractivity contribution in [1.29, 1.82) is 5.53 Å². The highest BCUT2D eigenvalue weighted by atomic mass is 15.3. The van der Waals surface area contributed by atoms with E-state index < -0.39 is 0 Å². The van der Waals surface area contributed by atoms with E-state index in [9.17, 15) is 0 Å². The minimum absolute atomic E-state index is 0.278. The standard InChI is InChI=1S/C3H3N5/c4-6-3-1-2-5-8-7-3/h1-2,4H. The lowest BCUT2D eigenvalue weighted by atomic mass is 10.6. The maximum atomic E-state index is 6.44. The quantitative estimate of drug-likeness (QED) is 0.534. The third kappa shape index (κ3) is 0.810. The predicted octanol–water partition coefficient (Wildman–Crippen LogP) is 0.534. The fourth-order valence-electron chi connectivity index (χ4n) is 0.294. The van der Waals surface area contributed by atoms with Crippen LogP contribution in [0.1, 0.15) is 0 Å². The van der Waals surface area contributed by atoms with Crippen LogP contribution in [0.4, 0.5) is 5.82 Å². The van der Waals surface area contributed by atoms with Crippen LogP contribution in [-0.4, -0.2) is 15.4 Å². The molecule has 40 valence electrons. The Hall–Kier alpha value is -1.39. The topological polar surface area (TPSA) is 74.9 Å². The van der Waals surface area contributed by atoms with Gasteiger partial charge in [0.2, 0.25) is 0 Å². The Morgan fingerprint density at radius 2 is 2.50 bits per heavy atom. The first kappa shape index (κ1) is 4.76. The predicted molar refractivity (Wildman–Crippen MR) is 24.6 cm³/mol. The summed E-state index contributed by atoms with van der Waals surface area (Å²) in [5.41, 5.74) is 6.44. The maximum absolute atomic E-state index is 6.44. The third-order valence-corrected chi connectivity index (χ3v) is 0.604. The Labute approximate surface area is 45.3 Å². The second kappa shape index (κ2) is 2.06. The van der Waals surface area contributed by atoms with Crippen molar-refractivity contribution in [1.82, 2.24) is 15.4 Å². The van der Waals surface area contributed by atoms with Gasteiger partial charge in [0.15, 0.2) is 5.82 Å². The first-order chi connectivity index (χ1) is 3.93. The van der Waals surface area contributed by atoms with Gasteiger partial charge in [0.05, 0.1) is 6.20 Å². The van der Waals surface area contributed by atoms with Gasteiger partial charge < -0.3 is 0 Å². The second-order valence-electron chi connectivity index (χ2n) is 1.09. The molecular formula is C3H3N5. The van der Waals surface area contributed by atoms with Crippen LogP contribution in [0.15, 0.2) is 17.4 Å². The molecule has 0 aliphatic carbocycles. The van der Waals surface area contributed by atoms with E-state index in [0.717, 1.165) is 0 Å². The highest BCUT2D eigenvalue weighted by molar-refractivity contribution is 5.18. The Morgan fingerprint density at radius 3 is 2.88 bits per heavy atom. The van der Waals surface area contributed by atoms with Crippen molar-refractivity contribution >= 4 is 5.82 Å². The zero-order valence-corrected chi connectivity index (χ0v) is 3.94. The molecule has 0 saturated heterocycles. The smallest absolute Gasteiger partial charge is 0.199 e. The lowest BCUT2D eigenvalue weighted by Gasteiger charge is -1.79. The van der Waals surface area contributed by atoms with E-state index in [1.165, 1.54) is 12.3 Å². The van der Waals surface area contributed by atoms with Gasteiger partial charge in [-0.2, -0.15) is 0 Å². The van der Waals surface area contributed by atoms with Crippen molar-refractivity contribution in [2.75, 3.05) is 0 Å². The fraction of sp³-hybridized carbons (Fsp3) is 0. The summed E-state index contributed by atoms with van der Waals surface area (Å²) in [6.07, 6.45) is 1.43. The molecule has 8 heavy (non-hydrogen) atoms. The van der Waals surface area contributed by atoms with Crippen molar-refractivity contribution in [3.63, 3.8) is 0 Å². The highest BCUT2D eigenvalue weighted by Crippen LogP contribution is 1.98. The molecule has 5 nitrogen and oxygen atoms in total. The van der Waals surface area contributed by atoms with E-state index in [1.807, 2.05) is 0 Å². The first-order valence-corrected chi connectivity index (χ1v) is 1.95. The van der Waals surface area contributed by atoms with Gasteiger partial charge in [-0.3, -0.25) is 0 Å².